The van der Waals surface area contributed by atoms with Crippen molar-refractivity contribution in [1.29, 1.82) is 0 Å². The summed E-state index contributed by atoms with van der Waals surface area (Å²) in [7, 11) is 1.75. The molecule has 2 rings (SSSR count). The van der Waals surface area contributed by atoms with Gasteiger partial charge < -0.3 is 14.9 Å². The second kappa shape index (κ2) is 5.30. The van der Waals surface area contributed by atoms with Gasteiger partial charge in [-0.3, -0.25) is 9.59 Å². The number of benzene rings is 1. The van der Waals surface area contributed by atoms with Crippen LogP contribution in [0, 0.1) is 6.92 Å². The fourth-order valence-corrected chi connectivity index (χ4v) is 2.22. The van der Waals surface area contributed by atoms with Gasteiger partial charge in [0, 0.05) is 25.7 Å². The van der Waals surface area contributed by atoms with Gasteiger partial charge in [0.05, 0.1) is 0 Å². The number of hydrogen-bond acceptors (Lipinski definition) is 3. The molecule has 1 fully saturated rings. The van der Waals surface area contributed by atoms with Crippen molar-refractivity contribution in [1.82, 2.24) is 9.80 Å². The number of nitrogens with zero attached hydrogens (tertiary/aromatic N) is 2. The number of likely N-dealkylation sites (N-methyl/N-ethyl adjacent to an activating group) is 1. The van der Waals surface area contributed by atoms with Crippen molar-refractivity contribution in [3.63, 3.8) is 0 Å². The molecule has 1 aliphatic heterocycles. The molecule has 5 nitrogen and oxygen atoms in total. The summed E-state index contributed by atoms with van der Waals surface area (Å²) in [6.07, 6.45) is 0.783. The summed E-state index contributed by atoms with van der Waals surface area (Å²) in [4.78, 5) is 27.4. The first-order chi connectivity index (χ1) is 8.99. The van der Waals surface area contributed by atoms with Crippen LogP contribution in [-0.4, -0.2) is 53.4 Å². The molecule has 19 heavy (non-hydrogen) atoms. The number of phenols is 1. The van der Waals surface area contributed by atoms with Crippen molar-refractivity contribution in [2.75, 3.05) is 26.7 Å². The fraction of sp³-hybridized carbons (Fsp3) is 0.429. The SMILES string of the molecule is Cc1cc(O)ccc1C(=O)N1CCCN(C)C(=O)C1. The van der Waals surface area contributed by atoms with Gasteiger partial charge in [0.25, 0.3) is 5.91 Å². The molecule has 0 radical (unpaired) electrons. The Labute approximate surface area is 112 Å². The van der Waals surface area contributed by atoms with Crippen LogP contribution in [0.3, 0.4) is 0 Å². The number of aromatic hydroxyl groups is 1. The molecule has 0 bridgehead atoms. The summed E-state index contributed by atoms with van der Waals surface area (Å²) >= 11 is 0. The van der Waals surface area contributed by atoms with Crippen LogP contribution in [0.2, 0.25) is 0 Å². The molecule has 0 aromatic heterocycles. The van der Waals surface area contributed by atoms with Crippen LogP contribution in [0.1, 0.15) is 22.3 Å². The van der Waals surface area contributed by atoms with E-state index in [9.17, 15) is 14.7 Å². The zero-order valence-electron chi connectivity index (χ0n) is 11.2. The van der Waals surface area contributed by atoms with E-state index in [2.05, 4.69) is 0 Å². The Morgan fingerprint density at radius 3 is 2.74 bits per heavy atom. The fourth-order valence-electron chi connectivity index (χ4n) is 2.22. The second-order valence-corrected chi connectivity index (χ2v) is 4.89. The van der Waals surface area contributed by atoms with Crippen molar-refractivity contribution in [3.05, 3.63) is 29.3 Å². The van der Waals surface area contributed by atoms with Crippen LogP contribution in [0.4, 0.5) is 0 Å². The Kier molecular flexibility index (Phi) is 3.74. The van der Waals surface area contributed by atoms with Gasteiger partial charge in [0.1, 0.15) is 12.3 Å². The van der Waals surface area contributed by atoms with E-state index in [1.807, 2.05) is 0 Å². The van der Waals surface area contributed by atoms with E-state index in [1.165, 1.54) is 6.07 Å². The summed E-state index contributed by atoms with van der Waals surface area (Å²) in [5.41, 5.74) is 1.25. The quantitative estimate of drug-likeness (QED) is 0.821. The number of amides is 2. The average Bonchev–Trinajstić information content (AvgIpc) is 2.51. The molecule has 0 aliphatic carbocycles. The number of rotatable bonds is 1. The first-order valence-corrected chi connectivity index (χ1v) is 6.32. The minimum Gasteiger partial charge on any atom is -0.508 e. The molecule has 5 heteroatoms. The van der Waals surface area contributed by atoms with E-state index in [1.54, 1.807) is 35.9 Å². The van der Waals surface area contributed by atoms with Crippen molar-refractivity contribution >= 4 is 11.8 Å². The predicted molar refractivity (Wildman–Crippen MR) is 71.0 cm³/mol. The van der Waals surface area contributed by atoms with Crippen molar-refractivity contribution < 1.29 is 14.7 Å². The van der Waals surface area contributed by atoms with Crippen LogP contribution >= 0.6 is 0 Å². The van der Waals surface area contributed by atoms with Gasteiger partial charge >= 0.3 is 0 Å². The maximum absolute atomic E-state index is 12.4. The summed E-state index contributed by atoms with van der Waals surface area (Å²) < 4.78 is 0. The van der Waals surface area contributed by atoms with Crippen molar-refractivity contribution in [2.45, 2.75) is 13.3 Å². The molecule has 1 heterocycles. The van der Waals surface area contributed by atoms with Gasteiger partial charge in [-0.25, -0.2) is 0 Å². The molecule has 1 N–H and O–H groups in total. The highest BCUT2D eigenvalue weighted by Crippen LogP contribution is 2.18. The third kappa shape index (κ3) is 2.86. The van der Waals surface area contributed by atoms with Gasteiger partial charge in [-0.1, -0.05) is 0 Å². The summed E-state index contributed by atoms with van der Waals surface area (Å²) in [5, 5.41) is 9.37. The molecular formula is C14H18N2O3. The lowest BCUT2D eigenvalue weighted by Gasteiger charge is -2.20. The Hall–Kier alpha value is -2.04. The third-order valence-electron chi connectivity index (χ3n) is 3.40. The first kappa shape index (κ1) is 13.4. The Balaban J connectivity index is 2.21. The van der Waals surface area contributed by atoms with Gasteiger partial charge in [-0.15, -0.1) is 0 Å². The van der Waals surface area contributed by atoms with Crippen LogP contribution < -0.4 is 0 Å². The molecule has 0 atom stereocenters. The molecule has 2 amide bonds. The zero-order valence-corrected chi connectivity index (χ0v) is 11.2. The number of aryl methyl sites for hydroxylation is 1. The monoisotopic (exact) mass is 262 g/mol. The van der Waals surface area contributed by atoms with Crippen LogP contribution in [0.5, 0.6) is 5.75 Å². The normalized spacial score (nSPS) is 16.4. The first-order valence-electron chi connectivity index (χ1n) is 6.32. The number of carbonyl (C=O) groups excluding carboxylic acids is 2. The standard InChI is InChI=1S/C14H18N2O3/c1-10-8-11(17)4-5-12(10)14(19)16-7-3-6-15(2)13(18)9-16/h4-5,8,17H,3,6-7,9H2,1-2H3. The molecule has 1 aromatic rings. The summed E-state index contributed by atoms with van der Waals surface area (Å²) in [6, 6.07) is 4.65. The molecule has 1 aromatic carbocycles. The maximum Gasteiger partial charge on any atom is 0.254 e. The second-order valence-electron chi connectivity index (χ2n) is 4.89. The third-order valence-corrected chi connectivity index (χ3v) is 3.40. The highest BCUT2D eigenvalue weighted by atomic mass is 16.3. The lowest BCUT2D eigenvalue weighted by molar-refractivity contribution is -0.129. The lowest BCUT2D eigenvalue weighted by atomic mass is 10.1. The van der Waals surface area contributed by atoms with E-state index in [0.29, 0.717) is 18.7 Å². The Morgan fingerprint density at radius 1 is 1.32 bits per heavy atom. The molecule has 102 valence electrons. The number of hydrogen-bond donors (Lipinski definition) is 1. The minimum atomic E-state index is -0.152. The molecule has 0 spiro atoms. The van der Waals surface area contributed by atoms with Gasteiger partial charge in [0.15, 0.2) is 0 Å². The Morgan fingerprint density at radius 2 is 2.05 bits per heavy atom. The molecule has 1 aliphatic rings. The van der Waals surface area contributed by atoms with Crippen LogP contribution in [-0.2, 0) is 4.79 Å². The highest BCUT2D eigenvalue weighted by molar-refractivity contribution is 5.98. The van der Waals surface area contributed by atoms with E-state index < -0.39 is 0 Å². The highest BCUT2D eigenvalue weighted by Gasteiger charge is 2.24. The number of phenolic OH excluding ortho intramolecular Hbond substituents is 1. The van der Waals surface area contributed by atoms with Gasteiger partial charge in [-0.2, -0.15) is 0 Å². The van der Waals surface area contributed by atoms with Crippen molar-refractivity contribution in [2.24, 2.45) is 0 Å². The van der Waals surface area contributed by atoms with Gasteiger partial charge in [-0.05, 0) is 37.1 Å². The molecule has 0 unspecified atom stereocenters. The summed E-state index contributed by atoms with van der Waals surface area (Å²) in [6.45, 7) is 3.15. The topological polar surface area (TPSA) is 60.9 Å². The van der Waals surface area contributed by atoms with Crippen LogP contribution in [0.25, 0.3) is 0 Å². The van der Waals surface area contributed by atoms with E-state index in [0.717, 1.165) is 12.0 Å². The smallest absolute Gasteiger partial charge is 0.254 e. The van der Waals surface area contributed by atoms with E-state index in [4.69, 9.17) is 0 Å². The largest absolute Gasteiger partial charge is 0.508 e. The average molecular weight is 262 g/mol. The van der Waals surface area contributed by atoms with Crippen LogP contribution in [0.15, 0.2) is 18.2 Å². The van der Waals surface area contributed by atoms with E-state index in [-0.39, 0.29) is 24.1 Å². The molecular weight excluding hydrogens is 244 g/mol. The van der Waals surface area contributed by atoms with Gasteiger partial charge in [0.2, 0.25) is 5.91 Å². The van der Waals surface area contributed by atoms with Crippen molar-refractivity contribution in [3.8, 4) is 5.75 Å². The lowest BCUT2D eigenvalue weighted by Crippen LogP contribution is -2.38. The maximum atomic E-state index is 12.4. The molecule has 0 saturated carbocycles. The van der Waals surface area contributed by atoms with E-state index >= 15 is 0 Å². The summed E-state index contributed by atoms with van der Waals surface area (Å²) in [5.74, 6) is -0.0517. The molecule has 1 saturated heterocycles. The predicted octanol–water partition coefficient (Wildman–Crippen LogP) is 1.00. The Bertz CT molecular complexity index is 513. The minimum absolute atomic E-state index is 0.0396. The number of carbonyl (C=O) groups is 2. The zero-order chi connectivity index (χ0) is 14.0.